The highest BCUT2D eigenvalue weighted by Gasteiger charge is 2.27. The first-order chi connectivity index (χ1) is 8.61. The van der Waals surface area contributed by atoms with Gasteiger partial charge in [-0.25, -0.2) is 0 Å². The van der Waals surface area contributed by atoms with Gasteiger partial charge in [0.05, 0.1) is 5.56 Å². The smallest absolute Gasteiger partial charge is 0.255 e. The number of carbonyl (C=O) groups excluding carboxylic acids is 1. The normalized spacial score (nSPS) is 14.5. The van der Waals surface area contributed by atoms with Gasteiger partial charge in [0.15, 0.2) is 0 Å². The van der Waals surface area contributed by atoms with Gasteiger partial charge in [0, 0.05) is 24.5 Å². The van der Waals surface area contributed by atoms with Gasteiger partial charge in [-0.2, -0.15) is 0 Å². The fraction of sp³-hybridized carbons (Fsp3) is 0.500. The van der Waals surface area contributed by atoms with E-state index in [1.54, 1.807) is 18.2 Å². The number of carbonyl (C=O) groups is 1. The van der Waals surface area contributed by atoms with Gasteiger partial charge in [-0.15, -0.1) is 0 Å². The van der Waals surface area contributed by atoms with E-state index in [-0.39, 0.29) is 5.91 Å². The maximum Gasteiger partial charge on any atom is 0.255 e. The number of nitrogens with zero attached hydrogens (tertiary/aromatic N) is 1. The van der Waals surface area contributed by atoms with E-state index in [0.29, 0.717) is 22.9 Å². The molecule has 98 valence electrons. The third-order valence-electron chi connectivity index (χ3n) is 3.26. The van der Waals surface area contributed by atoms with Crippen LogP contribution in [0, 0.1) is 5.92 Å². The van der Waals surface area contributed by atoms with Crippen molar-refractivity contribution in [1.29, 1.82) is 0 Å². The summed E-state index contributed by atoms with van der Waals surface area (Å²) < 4.78 is 0. The number of hydrogen-bond donors (Lipinski definition) is 2. The van der Waals surface area contributed by atoms with Crippen molar-refractivity contribution in [2.75, 3.05) is 24.6 Å². The molecule has 0 saturated heterocycles. The van der Waals surface area contributed by atoms with Gasteiger partial charge in [-0.1, -0.05) is 6.92 Å². The lowest BCUT2D eigenvalue weighted by molar-refractivity contribution is 0.0749. The molecule has 0 bridgehead atoms. The zero-order chi connectivity index (χ0) is 13.1. The monoisotopic (exact) mass is 247 g/mol. The molecule has 0 unspecified atom stereocenters. The summed E-state index contributed by atoms with van der Waals surface area (Å²) in [6, 6.07) is 5.10. The zero-order valence-electron chi connectivity index (χ0n) is 10.9. The summed E-state index contributed by atoms with van der Waals surface area (Å²) in [4.78, 5) is 14.4. The van der Waals surface area contributed by atoms with Crippen LogP contribution in [0.5, 0.6) is 0 Å². The molecule has 1 aliphatic rings. The molecule has 0 radical (unpaired) electrons. The van der Waals surface area contributed by atoms with Gasteiger partial charge in [0.1, 0.15) is 0 Å². The highest BCUT2D eigenvalue weighted by Crippen LogP contribution is 2.30. The molecule has 4 N–H and O–H groups in total. The summed E-state index contributed by atoms with van der Waals surface area (Å²) in [5.74, 6) is 0.719. The molecule has 0 spiro atoms. The molecule has 18 heavy (non-hydrogen) atoms. The van der Waals surface area contributed by atoms with Crippen molar-refractivity contribution in [3.8, 4) is 0 Å². The maximum atomic E-state index is 12.4. The Morgan fingerprint density at radius 1 is 1.39 bits per heavy atom. The van der Waals surface area contributed by atoms with Gasteiger partial charge < -0.3 is 16.4 Å². The van der Waals surface area contributed by atoms with E-state index in [1.165, 1.54) is 12.8 Å². The SMILES string of the molecule is CCCN(CC1CC1)C(=O)c1ccc(N)cc1N. The van der Waals surface area contributed by atoms with Gasteiger partial charge in [-0.3, -0.25) is 4.79 Å². The molecule has 0 aliphatic heterocycles. The molecule has 0 heterocycles. The molecule has 0 aromatic heterocycles. The summed E-state index contributed by atoms with van der Waals surface area (Å²) in [5, 5.41) is 0. The first-order valence-electron chi connectivity index (χ1n) is 6.56. The topological polar surface area (TPSA) is 72.3 Å². The molecule has 1 fully saturated rings. The zero-order valence-corrected chi connectivity index (χ0v) is 10.9. The van der Waals surface area contributed by atoms with Crippen LogP contribution >= 0.6 is 0 Å². The number of hydrogen-bond acceptors (Lipinski definition) is 3. The molecule has 1 aromatic rings. The number of anilines is 2. The van der Waals surface area contributed by atoms with Crippen LogP contribution in [0.15, 0.2) is 18.2 Å². The molecule has 1 aliphatic carbocycles. The number of amides is 1. The minimum Gasteiger partial charge on any atom is -0.399 e. The van der Waals surface area contributed by atoms with E-state index in [2.05, 4.69) is 6.92 Å². The third-order valence-corrected chi connectivity index (χ3v) is 3.26. The summed E-state index contributed by atoms with van der Waals surface area (Å²) in [6.07, 6.45) is 3.45. The molecule has 1 saturated carbocycles. The number of nitrogens with two attached hydrogens (primary N) is 2. The average molecular weight is 247 g/mol. The molecule has 1 aromatic carbocycles. The van der Waals surface area contributed by atoms with Crippen molar-refractivity contribution in [2.24, 2.45) is 5.92 Å². The van der Waals surface area contributed by atoms with Crippen LogP contribution in [0.1, 0.15) is 36.5 Å². The fourth-order valence-corrected chi connectivity index (χ4v) is 2.10. The molecular weight excluding hydrogens is 226 g/mol. The highest BCUT2D eigenvalue weighted by molar-refractivity contribution is 5.99. The molecule has 0 atom stereocenters. The first-order valence-corrected chi connectivity index (χ1v) is 6.56. The predicted octanol–water partition coefficient (Wildman–Crippen LogP) is 2.11. The lowest BCUT2D eigenvalue weighted by Crippen LogP contribution is -2.34. The van der Waals surface area contributed by atoms with E-state index >= 15 is 0 Å². The van der Waals surface area contributed by atoms with Gasteiger partial charge in [0.25, 0.3) is 5.91 Å². The van der Waals surface area contributed by atoms with Crippen LogP contribution in [-0.4, -0.2) is 23.9 Å². The Bertz CT molecular complexity index is 441. The number of benzene rings is 1. The van der Waals surface area contributed by atoms with Crippen LogP contribution in [0.4, 0.5) is 11.4 Å². The van der Waals surface area contributed by atoms with E-state index < -0.39 is 0 Å². The van der Waals surface area contributed by atoms with Gasteiger partial charge in [0.2, 0.25) is 0 Å². The Labute approximate surface area is 108 Å². The predicted molar refractivity (Wildman–Crippen MR) is 74.2 cm³/mol. The molecule has 2 rings (SSSR count). The number of nitrogen functional groups attached to an aromatic ring is 2. The molecular formula is C14H21N3O. The van der Waals surface area contributed by atoms with E-state index in [0.717, 1.165) is 19.5 Å². The Balaban J connectivity index is 2.15. The van der Waals surface area contributed by atoms with E-state index in [4.69, 9.17) is 11.5 Å². The quantitative estimate of drug-likeness (QED) is 0.783. The molecule has 4 nitrogen and oxygen atoms in total. The Kier molecular flexibility index (Phi) is 3.75. The minimum absolute atomic E-state index is 0.0289. The van der Waals surface area contributed by atoms with Crippen molar-refractivity contribution >= 4 is 17.3 Å². The van der Waals surface area contributed by atoms with Crippen LogP contribution in [0.3, 0.4) is 0 Å². The Hall–Kier alpha value is -1.71. The van der Waals surface area contributed by atoms with Crippen LogP contribution in [0.25, 0.3) is 0 Å². The summed E-state index contributed by atoms with van der Waals surface area (Å²) in [5.41, 5.74) is 13.2. The van der Waals surface area contributed by atoms with Crippen molar-refractivity contribution in [3.63, 3.8) is 0 Å². The largest absolute Gasteiger partial charge is 0.399 e. The second kappa shape index (κ2) is 5.29. The van der Waals surface area contributed by atoms with Crippen LogP contribution < -0.4 is 11.5 Å². The van der Waals surface area contributed by atoms with E-state index in [1.807, 2.05) is 4.90 Å². The standard InChI is InChI=1S/C14H21N3O/c1-2-7-17(9-10-3-4-10)14(18)12-6-5-11(15)8-13(12)16/h5-6,8,10H,2-4,7,9,15-16H2,1H3. The lowest BCUT2D eigenvalue weighted by Gasteiger charge is -2.22. The lowest BCUT2D eigenvalue weighted by atomic mass is 10.1. The van der Waals surface area contributed by atoms with E-state index in [9.17, 15) is 4.79 Å². The van der Waals surface area contributed by atoms with Crippen LogP contribution in [-0.2, 0) is 0 Å². The van der Waals surface area contributed by atoms with Crippen molar-refractivity contribution in [3.05, 3.63) is 23.8 Å². The average Bonchev–Trinajstić information content (AvgIpc) is 3.11. The Morgan fingerprint density at radius 3 is 2.67 bits per heavy atom. The first kappa shape index (κ1) is 12.7. The van der Waals surface area contributed by atoms with Crippen LogP contribution in [0.2, 0.25) is 0 Å². The maximum absolute atomic E-state index is 12.4. The summed E-state index contributed by atoms with van der Waals surface area (Å²) >= 11 is 0. The van der Waals surface area contributed by atoms with Crippen molar-refractivity contribution in [2.45, 2.75) is 26.2 Å². The van der Waals surface area contributed by atoms with Crippen molar-refractivity contribution < 1.29 is 4.79 Å². The van der Waals surface area contributed by atoms with Crippen molar-refractivity contribution in [1.82, 2.24) is 4.90 Å². The van der Waals surface area contributed by atoms with Gasteiger partial charge >= 0.3 is 0 Å². The minimum atomic E-state index is 0.0289. The Morgan fingerprint density at radius 2 is 2.11 bits per heavy atom. The fourth-order valence-electron chi connectivity index (χ4n) is 2.10. The second-order valence-corrected chi connectivity index (χ2v) is 5.04. The number of rotatable bonds is 5. The second-order valence-electron chi connectivity index (χ2n) is 5.04. The highest BCUT2D eigenvalue weighted by atomic mass is 16.2. The third kappa shape index (κ3) is 2.94. The van der Waals surface area contributed by atoms with Gasteiger partial charge in [-0.05, 0) is 43.4 Å². The summed E-state index contributed by atoms with van der Waals surface area (Å²) in [6.45, 7) is 3.73. The summed E-state index contributed by atoms with van der Waals surface area (Å²) in [7, 11) is 0. The molecule has 4 heteroatoms. The molecule has 1 amide bonds.